The summed E-state index contributed by atoms with van der Waals surface area (Å²) in [6, 6.07) is 5.06. The van der Waals surface area contributed by atoms with Crippen LogP contribution >= 0.6 is 11.8 Å². The van der Waals surface area contributed by atoms with Gasteiger partial charge in [0, 0.05) is 11.0 Å². The Hall–Kier alpha value is -0.720. The highest BCUT2D eigenvalue weighted by molar-refractivity contribution is 7.99. The number of hydrogen-bond donors (Lipinski definition) is 2. The number of alkyl halides is 3. The molecule has 0 heterocycles. The van der Waals surface area contributed by atoms with Gasteiger partial charge in [0.05, 0.1) is 11.6 Å². The van der Waals surface area contributed by atoms with Gasteiger partial charge in [-0.05, 0) is 18.1 Å². The van der Waals surface area contributed by atoms with E-state index in [-0.39, 0.29) is 5.56 Å². The van der Waals surface area contributed by atoms with Gasteiger partial charge < -0.3 is 0 Å². The van der Waals surface area contributed by atoms with Crippen molar-refractivity contribution in [3.63, 3.8) is 0 Å². The van der Waals surface area contributed by atoms with Crippen LogP contribution in [0.2, 0.25) is 0 Å². The van der Waals surface area contributed by atoms with Crippen molar-refractivity contribution in [1.29, 1.82) is 0 Å². The summed E-state index contributed by atoms with van der Waals surface area (Å²) < 4.78 is 38.8. The lowest BCUT2D eigenvalue weighted by molar-refractivity contribution is -0.138. The quantitative estimate of drug-likeness (QED) is 0.619. The molecule has 1 rings (SSSR count). The maximum absolute atomic E-state index is 12.9. The third-order valence-corrected chi connectivity index (χ3v) is 4.39. The minimum absolute atomic E-state index is 0.202. The second kappa shape index (κ2) is 7.17. The summed E-state index contributed by atoms with van der Waals surface area (Å²) in [7, 11) is 0. The van der Waals surface area contributed by atoms with Crippen molar-refractivity contribution >= 4 is 11.8 Å². The third-order valence-electron chi connectivity index (χ3n) is 2.97. The molecule has 3 N–H and O–H groups in total. The minimum atomic E-state index is -4.35. The summed E-state index contributed by atoms with van der Waals surface area (Å²) in [6.45, 7) is 4.10. The first-order valence-corrected chi connectivity index (χ1v) is 7.18. The van der Waals surface area contributed by atoms with Gasteiger partial charge in [-0.3, -0.25) is 11.3 Å². The SMILES string of the molecule is CCC(C)SCC(NN)c1ccccc1C(F)(F)F. The van der Waals surface area contributed by atoms with E-state index in [4.69, 9.17) is 5.84 Å². The molecule has 19 heavy (non-hydrogen) atoms. The van der Waals surface area contributed by atoms with Crippen LogP contribution in [-0.4, -0.2) is 11.0 Å². The molecule has 0 spiro atoms. The standard InChI is InChI=1S/C13H19F3N2S/c1-3-9(2)19-8-12(18-17)10-6-4-5-7-11(10)13(14,15)16/h4-7,9,12,18H,3,8,17H2,1-2H3. The minimum Gasteiger partial charge on any atom is -0.271 e. The molecule has 0 fully saturated rings. The Morgan fingerprint density at radius 2 is 1.95 bits per heavy atom. The zero-order valence-electron chi connectivity index (χ0n) is 11.0. The van der Waals surface area contributed by atoms with Crippen molar-refractivity contribution in [2.24, 2.45) is 5.84 Å². The number of nitrogens with one attached hydrogen (secondary N) is 1. The summed E-state index contributed by atoms with van der Waals surface area (Å²) in [5, 5.41) is 0.397. The normalized spacial score (nSPS) is 15.3. The van der Waals surface area contributed by atoms with E-state index in [2.05, 4.69) is 5.43 Å². The number of halogens is 3. The summed E-state index contributed by atoms with van der Waals surface area (Å²) in [6.07, 6.45) is -3.38. The molecule has 2 unspecified atom stereocenters. The zero-order valence-corrected chi connectivity index (χ0v) is 11.8. The van der Waals surface area contributed by atoms with Gasteiger partial charge in [0.25, 0.3) is 0 Å². The Labute approximate surface area is 115 Å². The van der Waals surface area contributed by atoms with Crippen molar-refractivity contribution in [3.05, 3.63) is 35.4 Å². The van der Waals surface area contributed by atoms with Crippen molar-refractivity contribution in [2.75, 3.05) is 5.75 Å². The van der Waals surface area contributed by atoms with Gasteiger partial charge in [-0.15, -0.1) is 0 Å². The molecule has 0 saturated carbocycles. The highest BCUT2D eigenvalue weighted by atomic mass is 32.2. The molecule has 1 aromatic rings. The number of nitrogens with two attached hydrogens (primary N) is 1. The predicted octanol–water partition coefficient (Wildman–Crippen LogP) is 3.74. The molecular formula is C13H19F3N2S. The summed E-state index contributed by atoms with van der Waals surface area (Å²) >= 11 is 1.61. The second-order valence-corrected chi connectivity index (χ2v) is 5.83. The van der Waals surface area contributed by atoms with Crippen LogP contribution in [0.3, 0.4) is 0 Å². The maximum Gasteiger partial charge on any atom is 0.416 e. The molecule has 6 heteroatoms. The smallest absolute Gasteiger partial charge is 0.271 e. The van der Waals surface area contributed by atoms with E-state index in [0.29, 0.717) is 11.0 Å². The van der Waals surface area contributed by atoms with Gasteiger partial charge in [-0.1, -0.05) is 32.0 Å². The molecule has 0 aliphatic heterocycles. The van der Waals surface area contributed by atoms with Crippen LogP contribution in [0.5, 0.6) is 0 Å². The fourth-order valence-corrected chi connectivity index (χ4v) is 2.70. The Kier molecular flexibility index (Phi) is 6.16. The van der Waals surface area contributed by atoms with Crippen LogP contribution in [0, 0.1) is 0 Å². The molecule has 0 aliphatic rings. The predicted molar refractivity (Wildman–Crippen MR) is 73.7 cm³/mol. The molecular weight excluding hydrogens is 273 g/mol. The van der Waals surface area contributed by atoms with Gasteiger partial charge in [0.2, 0.25) is 0 Å². The van der Waals surface area contributed by atoms with Crippen molar-refractivity contribution in [1.82, 2.24) is 5.43 Å². The fourth-order valence-electron chi connectivity index (χ4n) is 1.67. The number of rotatable bonds is 6. The van der Waals surface area contributed by atoms with Crippen molar-refractivity contribution in [3.8, 4) is 0 Å². The first kappa shape index (κ1) is 16.3. The second-order valence-electron chi connectivity index (χ2n) is 4.36. The van der Waals surface area contributed by atoms with Crippen LogP contribution in [0.4, 0.5) is 13.2 Å². The van der Waals surface area contributed by atoms with Gasteiger partial charge >= 0.3 is 6.18 Å². The van der Waals surface area contributed by atoms with E-state index >= 15 is 0 Å². The van der Waals surface area contributed by atoms with Gasteiger partial charge in [-0.2, -0.15) is 24.9 Å². The van der Waals surface area contributed by atoms with Crippen LogP contribution in [-0.2, 0) is 6.18 Å². The molecule has 0 aliphatic carbocycles. The zero-order chi connectivity index (χ0) is 14.5. The number of benzene rings is 1. The average molecular weight is 292 g/mol. The first-order valence-electron chi connectivity index (χ1n) is 6.14. The summed E-state index contributed by atoms with van der Waals surface area (Å²) in [5.41, 5.74) is 2.07. The van der Waals surface area contributed by atoms with Crippen LogP contribution < -0.4 is 11.3 Å². The molecule has 0 bridgehead atoms. The highest BCUT2D eigenvalue weighted by Crippen LogP contribution is 2.35. The number of hydrazine groups is 1. The Morgan fingerprint density at radius 1 is 1.32 bits per heavy atom. The number of thioether (sulfide) groups is 1. The van der Waals surface area contributed by atoms with Gasteiger partial charge in [-0.25, -0.2) is 0 Å². The highest BCUT2D eigenvalue weighted by Gasteiger charge is 2.34. The fraction of sp³-hybridized carbons (Fsp3) is 0.538. The van der Waals surface area contributed by atoms with Crippen LogP contribution in [0.1, 0.15) is 37.4 Å². The maximum atomic E-state index is 12.9. The molecule has 108 valence electrons. The largest absolute Gasteiger partial charge is 0.416 e. The summed E-state index contributed by atoms with van der Waals surface area (Å²) in [4.78, 5) is 0. The van der Waals surface area contributed by atoms with E-state index in [1.807, 2.05) is 13.8 Å². The molecule has 0 aromatic heterocycles. The van der Waals surface area contributed by atoms with E-state index in [1.165, 1.54) is 12.1 Å². The lowest BCUT2D eigenvalue weighted by Crippen LogP contribution is -2.31. The molecule has 2 nitrogen and oxygen atoms in total. The van der Waals surface area contributed by atoms with Crippen molar-refractivity contribution < 1.29 is 13.2 Å². The Balaban J connectivity index is 2.92. The lowest BCUT2D eigenvalue weighted by Gasteiger charge is -2.22. The van der Waals surface area contributed by atoms with E-state index < -0.39 is 17.8 Å². The summed E-state index contributed by atoms with van der Waals surface area (Å²) in [5.74, 6) is 5.93. The van der Waals surface area contributed by atoms with Crippen LogP contribution in [0.25, 0.3) is 0 Å². The van der Waals surface area contributed by atoms with Crippen LogP contribution in [0.15, 0.2) is 24.3 Å². The molecule has 0 radical (unpaired) electrons. The molecule has 1 aromatic carbocycles. The third kappa shape index (κ3) is 4.71. The van der Waals surface area contributed by atoms with E-state index in [0.717, 1.165) is 12.5 Å². The molecule has 0 saturated heterocycles. The molecule has 2 atom stereocenters. The van der Waals surface area contributed by atoms with E-state index in [1.54, 1.807) is 17.8 Å². The topological polar surface area (TPSA) is 38.0 Å². The average Bonchev–Trinajstić information content (AvgIpc) is 2.38. The lowest BCUT2D eigenvalue weighted by atomic mass is 10.0. The van der Waals surface area contributed by atoms with Crippen molar-refractivity contribution in [2.45, 2.75) is 37.7 Å². The first-order chi connectivity index (χ1) is 8.90. The molecule has 0 amide bonds. The monoisotopic (exact) mass is 292 g/mol. The van der Waals surface area contributed by atoms with E-state index in [9.17, 15) is 13.2 Å². The Bertz CT molecular complexity index is 396. The van der Waals surface area contributed by atoms with Gasteiger partial charge in [0.1, 0.15) is 0 Å². The number of hydrogen-bond acceptors (Lipinski definition) is 3. The Morgan fingerprint density at radius 3 is 2.47 bits per heavy atom. The van der Waals surface area contributed by atoms with Gasteiger partial charge in [0.15, 0.2) is 0 Å².